The summed E-state index contributed by atoms with van der Waals surface area (Å²) in [4.78, 5) is 43.1. The molecular weight excluding hydrogens is 493 g/mol. The molecule has 3 aromatic carbocycles. The molecule has 37 heavy (non-hydrogen) atoms. The summed E-state index contributed by atoms with van der Waals surface area (Å²) >= 11 is 6.03. The number of benzene rings is 3. The first-order valence-corrected chi connectivity index (χ1v) is 12.7. The van der Waals surface area contributed by atoms with Gasteiger partial charge in [0.25, 0.3) is 11.8 Å². The maximum absolute atomic E-state index is 13.6. The number of anilines is 2. The number of para-hydroxylation sites is 1. The lowest BCUT2D eigenvalue weighted by Gasteiger charge is -2.26. The Balaban J connectivity index is 1.36. The molecule has 5 rings (SSSR count). The van der Waals surface area contributed by atoms with Gasteiger partial charge in [0.15, 0.2) is 0 Å². The molecule has 190 valence electrons. The predicted molar refractivity (Wildman–Crippen MR) is 142 cm³/mol. The van der Waals surface area contributed by atoms with Gasteiger partial charge in [-0.25, -0.2) is 4.39 Å². The first-order chi connectivity index (χ1) is 17.8. The van der Waals surface area contributed by atoms with Crippen molar-refractivity contribution in [3.63, 3.8) is 0 Å². The third-order valence-electron chi connectivity index (χ3n) is 7.42. The second-order valence-electron chi connectivity index (χ2n) is 9.58. The summed E-state index contributed by atoms with van der Waals surface area (Å²) in [5.74, 6) is -1.10. The molecule has 2 heterocycles. The van der Waals surface area contributed by atoms with E-state index in [0.29, 0.717) is 37.2 Å². The Hall–Kier alpha value is -3.71. The zero-order chi connectivity index (χ0) is 26.2. The lowest BCUT2D eigenvalue weighted by Crippen LogP contribution is -2.38. The molecule has 3 aromatic rings. The normalized spacial score (nSPS) is 19.1. The average Bonchev–Trinajstić information content (AvgIpc) is 3.10. The smallest absolute Gasteiger partial charge is 0.258 e. The lowest BCUT2D eigenvalue weighted by molar-refractivity contribution is -0.136. The Morgan fingerprint density at radius 3 is 2.49 bits per heavy atom. The van der Waals surface area contributed by atoms with Crippen molar-refractivity contribution in [1.29, 1.82) is 0 Å². The summed E-state index contributed by atoms with van der Waals surface area (Å²) in [6, 6.07) is 17.9. The van der Waals surface area contributed by atoms with Crippen molar-refractivity contribution >= 4 is 40.7 Å². The fourth-order valence-corrected chi connectivity index (χ4v) is 5.55. The van der Waals surface area contributed by atoms with Crippen LogP contribution in [0.25, 0.3) is 0 Å². The molecule has 2 aliphatic heterocycles. The van der Waals surface area contributed by atoms with Gasteiger partial charge in [-0.05, 0) is 80.3 Å². The van der Waals surface area contributed by atoms with Gasteiger partial charge >= 0.3 is 0 Å². The van der Waals surface area contributed by atoms with Gasteiger partial charge in [0.2, 0.25) is 5.91 Å². The van der Waals surface area contributed by atoms with Crippen LogP contribution in [0.15, 0.2) is 66.7 Å². The molecular formula is C29H27ClFN3O3. The second-order valence-corrected chi connectivity index (χ2v) is 9.99. The Bertz CT molecular complexity index is 1380. The summed E-state index contributed by atoms with van der Waals surface area (Å²) < 4.78 is 13.6. The molecule has 0 bridgehead atoms. The van der Waals surface area contributed by atoms with Crippen molar-refractivity contribution in [2.45, 2.75) is 26.2 Å². The highest BCUT2D eigenvalue weighted by Crippen LogP contribution is 2.43. The highest BCUT2D eigenvalue weighted by molar-refractivity contribution is 6.34. The first kappa shape index (κ1) is 25.0. The zero-order valence-corrected chi connectivity index (χ0v) is 21.2. The van der Waals surface area contributed by atoms with Gasteiger partial charge < -0.3 is 15.1 Å². The number of halogens is 2. The van der Waals surface area contributed by atoms with E-state index in [-0.39, 0.29) is 22.4 Å². The Kier molecular flexibility index (Phi) is 6.73. The van der Waals surface area contributed by atoms with Gasteiger partial charge in [-0.15, -0.1) is 0 Å². The topological polar surface area (TPSA) is 69.7 Å². The highest BCUT2D eigenvalue weighted by Gasteiger charge is 2.48. The summed E-state index contributed by atoms with van der Waals surface area (Å²) in [5.41, 5.74) is 2.28. The Morgan fingerprint density at radius 2 is 1.76 bits per heavy atom. The maximum Gasteiger partial charge on any atom is 0.258 e. The van der Waals surface area contributed by atoms with Crippen LogP contribution in [0.1, 0.15) is 46.0 Å². The second kappa shape index (κ2) is 9.98. The minimum atomic E-state index is -0.559. The van der Waals surface area contributed by atoms with E-state index < -0.39 is 17.1 Å². The number of nitrogens with zero attached hydrogens (tertiary/aromatic N) is 2. The van der Waals surface area contributed by atoms with Crippen LogP contribution in [0, 0.1) is 11.2 Å². The molecule has 1 atom stereocenters. The van der Waals surface area contributed by atoms with Crippen molar-refractivity contribution in [2.24, 2.45) is 5.41 Å². The highest BCUT2D eigenvalue weighted by atomic mass is 35.5. The molecule has 8 heteroatoms. The molecule has 1 fully saturated rings. The maximum atomic E-state index is 13.6. The minimum absolute atomic E-state index is 0.0278. The molecule has 0 saturated carbocycles. The van der Waals surface area contributed by atoms with Gasteiger partial charge in [-0.2, -0.15) is 0 Å². The number of rotatable bonds is 4. The van der Waals surface area contributed by atoms with Crippen LogP contribution in [0.3, 0.4) is 0 Å². The Morgan fingerprint density at radius 1 is 1.03 bits per heavy atom. The van der Waals surface area contributed by atoms with Crippen LogP contribution in [0.4, 0.5) is 15.8 Å². The summed E-state index contributed by atoms with van der Waals surface area (Å²) in [6.45, 7) is 3.88. The van der Waals surface area contributed by atoms with Gasteiger partial charge in [0.1, 0.15) is 5.82 Å². The van der Waals surface area contributed by atoms with E-state index in [4.69, 9.17) is 11.6 Å². The van der Waals surface area contributed by atoms with Crippen LogP contribution in [0.2, 0.25) is 5.02 Å². The van der Waals surface area contributed by atoms with Gasteiger partial charge in [-0.3, -0.25) is 14.4 Å². The van der Waals surface area contributed by atoms with Crippen molar-refractivity contribution in [1.82, 2.24) is 4.90 Å². The fourth-order valence-electron chi connectivity index (χ4n) is 5.35. The standard InChI is InChI=1S/C29H27ClFN3O3/c1-2-33-15-13-29(28(33)37)14-16-34(25-6-4-3-5-20(25)18-29)27(36)19-7-10-22(11-8-19)32-26(35)23-17-21(31)9-12-24(23)30/h3-12,17H,2,13-16,18H2,1H3,(H,32,35). The molecule has 3 amide bonds. The molecule has 0 radical (unpaired) electrons. The summed E-state index contributed by atoms with van der Waals surface area (Å²) in [5, 5.41) is 2.83. The number of carbonyl (C=O) groups is 3. The van der Waals surface area contributed by atoms with Crippen LogP contribution < -0.4 is 10.2 Å². The van der Waals surface area contributed by atoms with Gasteiger partial charge in [0, 0.05) is 36.6 Å². The largest absolute Gasteiger partial charge is 0.342 e. The number of hydrogen-bond donors (Lipinski definition) is 1. The van der Waals surface area contributed by atoms with Crippen LogP contribution in [-0.2, 0) is 11.2 Å². The van der Waals surface area contributed by atoms with Crippen molar-refractivity contribution in [2.75, 3.05) is 29.9 Å². The third-order valence-corrected chi connectivity index (χ3v) is 7.75. The van der Waals surface area contributed by atoms with Crippen molar-refractivity contribution in [3.05, 3.63) is 94.3 Å². The van der Waals surface area contributed by atoms with Crippen LogP contribution in [0.5, 0.6) is 0 Å². The van der Waals surface area contributed by atoms with Crippen molar-refractivity contribution in [3.8, 4) is 0 Å². The average molecular weight is 520 g/mol. The van der Waals surface area contributed by atoms with Gasteiger partial charge in [0.05, 0.1) is 16.0 Å². The van der Waals surface area contributed by atoms with Crippen molar-refractivity contribution < 1.29 is 18.8 Å². The summed E-state index contributed by atoms with van der Waals surface area (Å²) in [6.07, 6.45) is 2.01. The minimum Gasteiger partial charge on any atom is -0.342 e. The molecule has 2 aliphatic rings. The van der Waals surface area contributed by atoms with E-state index in [1.165, 1.54) is 12.1 Å². The first-order valence-electron chi connectivity index (χ1n) is 12.4. The number of carbonyl (C=O) groups excluding carboxylic acids is 3. The molecule has 1 spiro atoms. The fraction of sp³-hybridized carbons (Fsp3) is 0.276. The molecule has 0 aliphatic carbocycles. The monoisotopic (exact) mass is 519 g/mol. The van der Waals surface area contributed by atoms with E-state index in [2.05, 4.69) is 5.32 Å². The third kappa shape index (κ3) is 4.71. The number of fused-ring (bicyclic) bond motifs is 1. The molecule has 6 nitrogen and oxygen atoms in total. The van der Waals surface area contributed by atoms with E-state index in [0.717, 1.165) is 30.3 Å². The number of hydrogen-bond acceptors (Lipinski definition) is 3. The SMILES string of the molecule is CCN1CCC2(CCN(C(=O)c3ccc(NC(=O)c4cc(F)ccc4Cl)cc3)c3ccccc3C2)C1=O. The summed E-state index contributed by atoms with van der Waals surface area (Å²) in [7, 11) is 0. The number of likely N-dealkylation sites (tertiary alicyclic amines) is 1. The Labute approximate surface area is 220 Å². The number of amides is 3. The van der Waals surface area contributed by atoms with E-state index in [1.54, 1.807) is 29.2 Å². The number of nitrogens with one attached hydrogen (secondary N) is 1. The molecule has 1 saturated heterocycles. The van der Waals surface area contributed by atoms with Gasteiger partial charge in [-0.1, -0.05) is 29.8 Å². The van der Waals surface area contributed by atoms with E-state index >= 15 is 0 Å². The van der Waals surface area contributed by atoms with Crippen LogP contribution >= 0.6 is 11.6 Å². The quantitative estimate of drug-likeness (QED) is 0.490. The molecule has 1 N–H and O–H groups in total. The lowest BCUT2D eigenvalue weighted by atomic mass is 9.78. The molecule has 1 unspecified atom stereocenters. The predicted octanol–water partition coefficient (Wildman–Crippen LogP) is 5.56. The van der Waals surface area contributed by atoms with E-state index in [1.807, 2.05) is 36.1 Å². The van der Waals surface area contributed by atoms with E-state index in [9.17, 15) is 18.8 Å². The molecule has 0 aromatic heterocycles. The zero-order valence-electron chi connectivity index (χ0n) is 20.5. The van der Waals surface area contributed by atoms with Crippen LogP contribution in [-0.4, -0.2) is 42.3 Å².